The van der Waals surface area contributed by atoms with Crippen molar-refractivity contribution in [2.45, 2.75) is 5.51 Å². The van der Waals surface area contributed by atoms with Gasteiger partial charge in [-0.2, -0.15) is 21.6 Å². The Kier molecular flexibility index (Phi) is 8.09. The van der Waals surface area contributed by atoms with Crippen molar-refractivity contribution >= 4 is 91.3 Å². The highest BCUT2D eigenvalue weighted by Gasteiger charge is 2.48. The van der Waals surface area contributed by atoms with Crippen LogP contribution in [0.5, 0.6) is 5.75 Å². The van der Waals surface area contributed by atoms with Gasteiger partial charge in [0, 0.05) is 49.4 Å². The van der Waals surface area contributed by atoms with Crippen LogP contribution in [0.4, 0.5) is 30.2 Å². The highest BCUT2D eigenvalue weighted by molar-refractivity contribution is 7.88. The molecule has 5 nitrogen and oxygen atoms in total. The van der Waals surface area contributed by atoms with Crippen molar-refractivity contribution in [2.75, 3.05) is 4.90 Å². The minimum absolute atomic E-state index is 0.0239. The van der Waals surface area contributed by atoms with Gasteiger partial charge in [-0.1, -0.05) is 121 Å². The number of aromatic nitrogens is 1. The summed E-state index contributed by atoms with van der Waals surface area (Å²) in [5, 5.41) is 5.24. The number of fused-ring (bicyclic) bond motifs is 8. The van der Waals surface area contributed by atoms with Gasteiger partial charge in [0.2, 0.25) is 0 Å². The SMILES string of the molecule is [2H]c1cc(N(c2ccc(-c3ccccc3)cc2)c2cc(OS(=O)(=O)C(F)(F)F)cc3c2sc2ccc(-c4ccc5c(c4)c4c6ccccc6ccc4n5-c4ccccc4)cc23)c([2H])c([2H])c1[2H]. The zero-order valence-electron chi connectivity index (χ0n) is 36.8. The first-order valence-electron chi connectivity index (χ1n) is 21.8. The van der Waals surface area contributed by atoms with Crippen molar-refractivity contribution in [1.29, 1.82) is 0 Å². The Balaban J connectivity index is 1.15. The van der Waals surface area contributed by atoms with Gasteiger partial charge in [0.1, 0.15) is 5.75 Å². The number of para-hydroxylation sites is 2. The van der Waals surface area contributed by atoms with Gasteiger partial charge >= 0.3 is 15.6 Å². The molecular weight excluding hydrogens is 834 g/mol. The van der Waals surface area contributed by atoms with Crippen molar-refractivity contribution < 1.29 is 31.3 Å². The molecule has 10 heteroatoms. The van der Waals surface area contributed by atoms with Crippen LogP contribution in [0.2, 0.25) is 0 Å². The number of nitrogens with zero attached hydrogens (tertiary/aromatic N) is 2. The maximum Gasteiger partial charge on any atom is 0.534 e. The van der Waals surface area contributed by atoms with E-state index in [1.54, 1.807) is 12.1 Å². The molecule has 0 radical (unpaired) electrons. The molecule has 306 valence electrons. The van der Waals surface area contributed by atoms with E-state index < -0.39 is 39.5 Å². The number of thiophene rings is 1. The van der Waals surface area contributed by atoms with Gasteiger partial charge in [0.25, 0.3) is 0 Å². The van der Waals surface area contributed by atoms with E-state index in [0.717, 1.165) is 71.3 Å². The predicted octanol–water partition coefficient (Wildman–Crippen LogP) is 15.3. The summed E-state index contributed by atoms with van der Waals surface area (Å²) >= 11 is 1.30. The normalized spacial score (nSPS) is 13.1. The second kappa shape index (κ2) is 14.9. The van der Waals surface area contributed by atoms with Crippen molar-refractivity contribution in [3.05, 3.63) is 200 Å². The molecule has 0 aliphatic heterocycles. The minimum atomic E-state index is -6.15. The topological polar surface area (TPSA) is 51.5 Å². The second-order valence-electron chi connectivity index (χ2n) is 15.0. The third-order valence-corrected chi connectivity index (χ3v) is 13.5. The summed E-state index contributed by atoms with van der Waals surface area (Å²) in [5.41, 5.74) is 1.18. The molecule has 0 unspecified atom stereocenters. The van der Waals surface area contributed by atoms with Crippen LogP contribution in [0.1, 0.15) is 5.48 Å². The summed E-state index contributed by atoms with van der Waals surface area (Å²) in [6, 6.07) is 53.2. The van der Waals surface area contributed by atoms with Crippen molar-refractivity contribution in [3.63, 3.8) is 0 Å². The molecule has 0 aliphatic carbocycles. The lowest BCUT2D eigenvalue weighted by Gasteiger charge is -2.26. The fourth-order valence-corrected chi connectivity index (χ4v) is 10.1. The highest BCUT2D eigenvalue weighted by atomic mass is 32.2. The second-order valence-corrected chi connectivity index (χ2v) is 17.6. The van der Waals surface area contributed by atoms with E-state index in [1.807, 2.05) is 97.1 Å². The lowest BCUT2D eigenvalue weighted by molar-refractivity contribution is -0.0500. The summed E-state index contributed by atoms with van der Waals surface area (Å²) in [5.74, 6) is -0.640. The van der Waals surface area contributed by atoms with Crippen LogP contribution >= 0.6 is 11.3 Å². The van der Waals surface area contributed by atoms with Crippen LogP contribution in [-0.4, -0.2) is 18.5 Å². The van der Waals surface area contributed by atoms with Crippen LogP contribution in [-0.2, 0) is 10.1 Å². The third kappa shape index (κ3) is 6.66. The first-order valence-corrected chi connectivity index (χ1v) is 22.0. The molecule has 0 bridgehead atoms. The zero-order valence-corrected chi connectivity index (χ0v) is 34.4. The first-order chi connectivity index (χ1) is 32.3. The van der Waals surface area contributed by atoms with Crippen LogP contribution in [0.3, 0.4) is 0 Å². The summed E-state index contributed by atoms with van der Waals surface area (Å²) in [6.45, 7) is 0. The van der Waals surface area contributed by atoms with Crippen LogP contribution in [0.15, 0.2) is 200 Å². The lowest BCUT2D eigenvalue weighted by Crippen LogP contribution is -2.28. The van der Waals surface area contributed by atoms with E-state index in [4.69, 9.17) is 9.67 Å². The van der Waals surface area contributed by atoms with E-state index in [9.17, 15) is 21.6 Å². The third-order valence-electron chi connectivity index (χ3n) is 11.3. The molecule has 9 aromatic carbocycles. The quantitative estimate of drug-likeness (QED) is 0.113. The predicted molar refractivity (Wildman–Crippen MR) is 252 cm³/mol. The van der Waals surface area contributed by atoms with Gasteiger partial charge in [0.05, 0.1) is 26.9 Å². The monoisotopic (exact) mass is 870 g/mol. The Morgan fingerprint density at radius 3 is 2.02 bits per heavy atom. The van der Waals surface area contributed by atoms with Gasteiger partial charge in [-0.15, -0.1) is 11.3 Å². The molecule has 63 heavy (non-hydrogen) atoms. The molecule has 11 aromatic rings. The number of hydrogen-bond donors (Lipinski definition) is 0. The number of halogens is 3. The van der Waals surface area contributed by atoms with Crippen molar-refractivity contribution in [1.82, 2.24) is 4.57 Å². The summed E-state index contributed by atoms with van der Waals surface area (Å²) in [7, 11) is -6.15. The summed E-state index contributed by atoms with van der Waals surface area (Å²) in [6.07, 6.45) is 0. The Labute approximate surface area is 369 Å². The summed E-state index contributed by atoms with van der Waals surface area (Å²) in [4.78, 5) is 1.50. The maximum atomic E-state index is 14.0. The molecule has 0 N–H and O–H groups in total. The van der Waals surface area contributed by atoms with E-state index in [0.29, 0.717) is 21.2 Å². The molecule has 0 fully saturated rings. The fraction of sp³-hybridized carbons (Fsp3) is 0.0189. The van der Waals surface area contributed by atoms with E-state index in [-0.39, 0.29) is 17.4 Å². The van der Waals surface area contributed by atoms with Gasteiger partial charge in [-0.05, 0) is 106 Å². The van der Waals surface area contributed by atoms with Crippen LogP contribution in [0, 0.1) is 0 Å². The largest absolute Gasteiger partial charge is 0.534 e. The molecule has 0 spiro atoms. The van der Waals surface area contributed by atoms with Crippen LogP contribution < -0.4 is 9.08 Å². The van der Waals surface area contributed by atoms with Gasteiger partial charge in [-0.25, -0.2) is 0 Å². The van der Waals surface area contributed by atoms with E-state index in [1.165, 1.54) is 28.4 Å². The smallest absolute Gasteiger partial charge is 0.376 e. The molecule has 0 atom stereocenters. The number of alkyl halides is 3. The van der Waals surface area contributed by atoms with Gasteiger partial charge in [0.15, 0.2) is 0 Å². The molecule has 0 saturated heterocycles. The number of benzene rings is 9. The Hall–Kier alpha value is -7.40. The van der Waals surface area contributed by atoms with E-state index >= 15 is 0 Å². The fourth-order valence-electron chi connectivity index (χ4n) is 8.46. The van der Waals surface area contributed by atoms with Crippen molar-refractivity contribution in [2.24, 2.45) is 0 Å². The number of hydrogen-bond acceptors (Lipinski definition) is 5. The zero-order chi connectivity index (χ0) is 46.4. The van der Waals surface area contributed by atoms with Gasteiger partial charge in [-0.3, -0.25) is 0 Å². The Bertz CT molecular complexity index is 3900. The molecule has 11 rings (SSSR count). The number of rotatable bonds is 8. The minimum Gasteiger partial charge on any atom is -0.376 e. The summed E-state index contributed by atoms with van der Waals surface area (Å²) < 4.78 is 110. The lowest BCUT2D eigenvalue weighted by atomic mass is 9.99. The first kappa shape index (κ1) is 34.2. The van der Waals surface area contributed by atoms with E-state index in [2.05, 4.69) is 53.1 Å². The average molecular weight is 871 g/mol. The average Bonchev–Trinajstić information content (AvgIpc) is 3.88. The highest BCUT2D eigenvalue weighted by Crippen LogP contribution is 2.49. The number of anilines is 3. The molecule has 2 aromatic heterocycles. The Morgan fingerprint density at radius 2 is 1.24 bits per heavy atom. The van der Waals surface area contributed by atoms with Crippen molar-refractivity contribution in [3.8, 4) is 33.7 Å². The molecular formula is C53H33F3N2O3S2. The van der Waals surface area contributed by atoms with Gasteiger partial charge < -0.3 is 13.7 Å². The Morgan fingerprint density at radius 1 is 0.571 bits per heavy atom. The maximum absolute atomic E-state index is 14.0. The molecule has 0 aliphatic rings. The standard InChI is InChI=1S/C53H33F3N2O3S2/c54-53(55,56)63(59,60)61-42-32-45-44-30-38(37-23-27-47-46(31-37)51-43-19-11-10-14-36(43)22-28-48(51)58(47)40-17-8-3-9-18-40)24-29-50(44)62-52(45)49(33-42)57(39-15-6-2-7-16-39)41-25-20-35(21-26-41)34-12-4-1-5-13-34/h1-33H/i2D,6D,7D,15D. The molecule has 0 saturated carbocycles. The molecule has 2 heterocycles. The van der Waals surface area contributed by atoms with Crippen LogP contribution in [0.25, 0.3) is 80.7 Å². The molecule has 0 amide bonds.